The van der Waals surface area contributed by atoms with Gasteiger partial charge in [-0.25, -0.2) is 0 Å². The van der Waals surface area contributed by atoms with Crippen LogP contribution in [0.3, 0.4) is 0 Å². The molecule has 0 spiro atoms. The monoisotopic (exact) mass is 153 g/mol. The Hall–Kier alpha value is -0.0800. The quantitative estimate of drug-likeness (QED) is 0.541. The van der Waals surface area contributed by atoms with Gasteiger partial charge in [0, 0.05) is 12.6 Å². The molecule has 1 N–H and O–H groups in total. The summed E-state index contributed by atoms with van der Waals surface area (Å²) in [5.41, 5.74) is 0. The first-order valence-electron chi connectivity index (χ1n) is 4.65. The third-order valence-corrected chi connectivity index (χ3v) is 4.09. The molecule has 2 aliphatic carbocycles. The fraction of sp³-hybridized carbons (Fsp3) is 1.00. The van der Waals surface area contributed by atoms with Gasteiger partial charge >= 0.3 is 0 Å². The van der Waals surface area contributed by atoms with Crippen molar-refractivity contribution in [1.29, 1.82) is 0 Å². The van der Waals surface area contributed by atoms with Crippen LogP contribution in [0.1, 0.15) is 12.8 Å². The summed E-state index contributed by atoms with van der Waals surface area (Å²) >= 11 is 0. The van der Waals surface area contributed by atoms with Crippen molar-refractivity contribution in [3.05, 3.63) is 0 Å². The Kier molecular flexibility index (Phi) is 1.06. The Labute approximate surface area is 67.2 Å². The molecule has 5 atom stereocenters. The number of rotatable bonds is 0. The lowest BCUT2D eigenvalue weighted by molar-refractivity contribution is 0.0596. The minimum Gasteiger partial charge on any atom is -0.391 e. The summed E-state index contributed by atoms with van der Waals surface area (Å²) in [4.78, 5) is 2.37. The van der Waals surface area contributed by atoms with Gasteiger partial charge in [-0.15, -0.1) is 0 Å². The zero-order valence-corrected chi connectivity index (χ0v) is 6.90. The van der Waals surface area contributed by atoms with Crippen LogP contribution in [0.15, 0.2) is 0 Å². The highest BCUT2D eigenvalue weighted by molar-refractivity contribution is 5.09. The average molecular weight is 153 g/mol. The van der Waals surface area contributed by atoms with Gasteiger partial charge in [-0.3, -0.25) is 0 Å². The SMILES string of the molecule is CN1CC2CC3CC2C1C3O. The summed E-state index contributed by atoms with van der Waals surface area (Å²) in [6.07, 6.45) is 2.61. The summed E-state index contributed by atoms with van der Waals surface area (Å²) in [5, 5.41) is 9.83. The lowest BCUT2D eigenvalue weighted by atomic mass is 9.88. The number of hydrogen-bond donors (Lipinski definition) is 1. The molecule has 0 amide bonds. The smallest absolute Gasteiger partial charge is 0.0726 e. The third-order valence-electron chi connectivity index (χ3n) is 4.09. The molecule has 2 heteroatoms. The maximum Gasteiger partial charge on any atom is 0.0726 e. The molecular formula is C9H15NO. The van der Waals surface area contributed by atoms with Gasteiger partial charge in [0.2, 0.25) is 0 Å². The molecule has 0 radical (unpaired) electrons. The Bertz CT molecular complexity index is 188. The van der Waals surface area contributed by atoms with E-state index in [1.54, 1.807) is 0 Å². The van der Waals surface area contributed by atoms with Gasteiger partial charge in [0.05, 0.1) is 6.10 Å². The molecule has 3 fully saturated rings. The maximum atomic E-state index is 9.83. The normalized spacial score (nSPS) is 61.1. The highest BCUT2D eigenvalue weighted by Gasteiger charge is 2.57. The number of aliphatic hydroxyl groups is 1. The van der Waals surface area contributed by atoms with Crippen molar-refractivity contribution in [3.8, 4) is 0 Å². The molecule has 62 valence electrons. The minimum absolute atomic E-state index is 0.00347. The Morgan fingerprint density at radius 2 is 2.09 bits per heavy atom. The van der Waals surface area contributed by atoms with E-state index in [1.165, 1.54) is 19.4 Å². The molecule has 2 saturated carbocycles. The molecule has 5 unspecified atom stereocenters. The predicted molar refractivity (Wildman–Crippen MR) is 42.1 cm³/mol. The van der Waals surface area contributed by atoms with Gasteiger partial charge in [-0.05, 0) is 37.6 Å². The summed E-state index contributed by atoms with van der Waals surface area (Å²) in [6.45, 7) is 1.24. The van der Waals surface area contributed by atoms with Crippen LogP contribution >= 0.6 is 0 Å². The van der Waals surface area contributed by atoms with E-state index in [4.69, 9.17) is 0 Å². The molecule has 3 rings (SSSR count). The summed E-state index contributed by atoms with van der Waals surface area (Å²) < 4.78 is 0. The predicted octanol–water partition coefficient (Wildman–Crippen LogP) is 0.317. The third kappa shape index (κ3) is 0.611. The summed E-state index contributed by atoms with van der Waals surface area (Å²) in [6, 6.07) is 0.527. The van der Waals surface area contributed by atoms with Gasteiger partial charge < -0.3 is 10.0 Å². The maximum absolute atomic E-state index is 9.83. The van der Waals surface area contributed by atoms with Gasteiger partial charge in [0.25, 0.3) is 0 Å². The first kappa shape index (κ1) is 6.44. The topological polar surface area (TPSA) is 23.5 Å². The van der Waals surface area contributed by atoms with Crippen LogP contribution in [0.25, 0.3) is 0 Å². The van der Waals surface area contributed by atoms with Crippen LogP contribution in [0, 0.1) is 17.8 Å². The van der Waals surface area contributed by atoms with E-state index in [9.17, 15) is 5.11 Å². The van der Waals surface area contributed by atoms with E-state index in [1.807, 2.05) is 0 Å². The van der Waals surface area contributed by atoms with Crippen LogP contribution in [0.5, 0.6) is 0 Å². The van der Waals surface area contributed by atoms with Gasteiger partial charge in [-0.2, -0.15) is 0 Å². The lowest BCUT2D eigenvalue weighted by Crippen LogP contribution is -2.38. The molecule has 1 aliphatic heterocycles. The van der Waals surface area contributed by atoms with Gasteiger partial charge in [0.15, 0.2) is 0 Å². The molecule has 1 heterocycles. The molecule has 3 aliphatic rings. The van der Waals surface area contributed by atoms with Gasteiger partial charge in [0.1, 0.15) is 0 Å². The van der Waals surface area contributed by atoms with Crippen molar-refractivity contribution in [3.63, 3.8) is 0 Å². The van der Waals surface area contributed by atoms with E-state index < -0.39 is 0 Å². The number of aliphatic hydroxyl groups excluding tert-OH is 1. The van der Waals surface area contributed by atoms with E-state index in [-0.39, 0.29) is 6.10 Å². The minimum atomic E-state index is 0.00347. The van der Waals surface area contributed by atoms with Crippen molar-refractivity contribution in [1.82, 2.24) is 4.90 Å². The van der Waals surface area contributed by atoms with Crippen LogP contribution < -0.4 is 0 Å². The molecule has 0 aromatic rings. The van der Waals surface area contributed by atoms with Crippen molar-refractivity contribution >= 4 is 0 Å². The number of likely N-dealkylation sites (tertiary alicyclic amines) is 1. The first-order valence-corrected chi connectivity index (χ1v) is 4.65. The van der Waals surface area contributed by atoms with Crippen LogP contribution in [0.2, 0.25) is 0 Å². The second kappa shape index (κ2) is 1.80. The van der Waals surface area contributed by atoms with Crippen molar-refractivity contribution in [2.24, 2.45) is 17.8 Å². The first-order chi connectivity index (χ1) is 5.27. The highest BCUT2D eigenvalue weighted by Crippen LogP contribution is 2.54. The molecule has 0 aromatic carbocycles. The summed E-state index contributed by atoms with van der Waals surface area (Å²) in [5.74, 6) is 2.43. The average Bonchev–Trinajstić information content (AvgIpc) is 2.47. The number of fused-ring (bicyclic) bond motifs is 1. The van der Waals surface area contributed by atoms with Crippen LogP contribution in [-0.2, 0) is 0 Å². The Morgan fingerprint density at radius 1 is 1.27 bits per heavy atom. The number of nitrogens with zero attached hydrogens (tertiary/aromatic N) is 1. The van der Waals surface area contributed by atoms with Gasteiger partial charge in [-0.1, -0.05) is 0 Å². The Balaban J connectivity index is 1.99. The fourth-order valence-corrected chi connectivity index (χ4v) is 3.72. The zero-order chi connectivity index (χ0) is 7.59. The van der Waals surface area contributed by atoms with E-state index in [0.717, 1.165) is 11.8 Å². The standard InChI is InChI=1S/C9H15NO/c1-10-4-6-2-5-3-7(6)8(10)9(5)11/h5-9,11H,2-4H2,1H3. The lowest BCUT2D eigenvalue weighted by Gasteiger charge is -2.26. The number of likely N-dealkylation sites (N-methyl/N-ethyl adjacent to an activating group) is 1. The molecule has 0 aromatic heterocycles. The molecule has 1 saturated heterocycles. The second-order valence-corrected chi connectivity index (χ2v) is 4.58. The Morgan fingerprint density at radius 3 is 2.73 bits per heavy atom. The largest absolute Gasteiger partial charge is 0.391 e. The van der Waals surface area contributed by atoms with Crippen molar-refractivity contribution in [2.45, 2.75) is 25.0 Å². The number of hydrogen-bond acceptors (Lipinski definition) is 2. The van der Waals surface area contributed by atoms with E-state index in [0.29, 0.717) is 12.0 Å². The van der Waals surface area contributed by atoms with Crippen molar-refractivity contribution in [2.75, 3.05) is 13.6 Å². The molecule has 2 bridgehead atoms. The van der Waals surface area contributed by atoms with E-state index >= 15 is 0 Å². The zero-order valence-electron chi connectivity index (χ0n) is 6.90. The van der Waals surface area contributed by atoms with Crippen LogP contribution in [-0.4, -0.2) is 35.7 Å². The van der Waals surface area contributed by atoms with Crippen LogP contribution in [0.4, 0.5) is 0 Å². The fourth-order valence-electron chi connectivity index (χ4n) is 3.72. The molecule has 11 heavy (non-hydrogen) atoms. The highest BCUT2D eigenvalue weighted by atomic mass is 16.3. The molecular weight excluding hydrogens is 138 g/mol. The van der Waals surface area contributed by atoms with Crippen molar-refractivity contribution < 1.29 is 5.11 Å². The molecule has 2 nitrogen and oxygen atoms in total. The summed E-state index contributed by atoms with van der Waals surface area (Å²) in [7, 11) is 2.16. The van der Waals surface area contributed by atoms with E-state index in [2.05, 4.69) is 11.9 Å². The second-order valence-electron chi connectivity index (χ2n) is 4.58.